The van der Waals surface area contributed by atoms with E-state index in [0.29, 0.717) is 11.2 Å². The first-order valence-electron chi connectivity index (χ1n) is 7.39. The molecule has 23 heavy (non-hydrogen) atoms. The van der Waals surface area contributed by atoms with E-state index in [1.807, 2.05) is 59.1 Å². The van der Waals surface area contributed by atoms with E-state index in [0.717, 1.165) is 22.4 Å². The van der Waals surface area contributed by atoms with E-state index in [-0.39, 0.29) is 0 Å². The van der Waals surface area contributed by atoms with Crippen molar-refractivity contribution in [2.24, 2.45) is 0 Å². The van der Waals surface area contributed by atoms with E-state index in [1.54, 1.807) is 6.20 Å². The van der Waals surface area contributed by atoms with Gasteiger partial charge in [-0.2, -0.15) is 5.26 Å². The van der Waals surface area contributed by atoms with Crippen LogP contribution in [0.5, 0.6) is 0 Å². The van der Waals surface area contributed by atoms with Gasteiger partial charge in [0, 0.05) is 18.0 Å². The summed E-state index contributed by atoms with van der Waals surface area (Å²) in [6, 6.07) is 24.5. The predicted molar refractivity (Wildman–Crippen MR) is 90.8 cm³/mol. The fraction of sp³-hybridized carbons (Fsp3) is 0. The largest absolute Gasteiger partial charge is 0.299 e. The molecule has 0 spiro atoms. The highest BCUT2D eigenvalue weighted by Crippen LogP contribution is 2.31. The Balaban J connectivity index is 2.09. The number of hydrogen-bond donors (Lipinski definition) is 0. The number of fused-ring (bicyclic) bond motifs is 1. The van der Waals surface area contributed by atoms with Gasteiger partial charge in [-0.05, 0) is 17.2 Å². The average molecular weight is 295 g/mol. The molecule has 0 aliphatic carbocycles. The first kappa shape index (κ1) is 13.3. The van der Waals surface area contributed by atoms with Gasteiger partial charge in [0.15, 0.2) is 5.65 Å². The van der Waals surface area contributed by atoms with Crippen molar-refractivity contribution >= 4 is 5.65 Å². The van der Waals surface area contributed by atoms with E-state index >= 15 is 0 Å². The number of aromatic nitrogens is 2. The lowest BCUT2D eigenvalue weighted by molar-refractivity contribution is 1.18. The van der Waals surface area contributed by atoms with Crippen LogP contribution in [-0.2, 0) is 0 Å². The van der Waals surface area contributed by atoms with Gasteiger partial charge < -0.3 is 0 Å². The minimum absolute atomic E-state index is 0.598. The lowest BCUT2D eigenvalue weighted by Gasteiger charge is -2.12. The zero-order valence-electron chi connectivity index (χ0n) is 12.3. The van der Waals surface area contributed by atoms with Crippen molar-refractivity contribution in [3.63, 3.8) is 0 Å². The average Bonchev–Trinajstić information content (AvgIpc) is 3.11. The molecule has 4 rings (SSSR count). The molecule has 0 aliphatic heterocycles. The maximum atomic E-state index is 9.65. The van der Waals surface area contributed by atoms with Gasteiger partial charge in [-0.25, -0.2) is 4.98 Å². The highest BCUT2D eigenvalue weighted by atomic mass is 15.0. The van der Waals surface area contributed by atoms with Gasteiger partial charge in [-0.15, -0.1) is 0 Å². The topological polar surface area (TPSA) is 41.1 Å². The summed E-state index contributed by atoms with van der Waals surface area (Å²) in [5, 5.41) is 9.65. The molecular formula is C20H13N3. The quantitative estimate of drug-likeness (QED) is 0.544. The summed E-state index contributed by atoms with van der Waals surface area (Å²) in [5.74, 6) is 0. The molecule has 0 unspecified atom stereocenters. The van der Waals surface area contributed by atoms with Gasteiger partial charge in [0.25, 0.3) is 0 Å². The Bertz CT molecular complexity index is 1010. The lowest BCUT2D eigenvalue weighted by Crippen LogP contribution is -1.97. The van der Waals surface area contributed by atoms with E-state index < -0.39 is 0 Å². The first-order chi connectivity index (χ1) is 11.4. The van der Waals surface area contributed by atoms with E-state index in [1.165, 1.54) is 0 Å². The number of hydrogen-bond acceptors (Lipinski definition) is 2. The van der Waals surface area contributed by atoms with Gasteiger partial charge in [0.1, 0.15) is 11.6 Å². The van der Waals surface area contributed by atoms with Crippen LogP contribution in [0.2, 0.25) is 0 Å². The summed E-state index contributed by atoms with van der Waals surface area (Å²) in [4.78, 5) is 4.40. The van der Waals surface area contributed by atoms with Crippen LogP contribution in [0.3, 0.4) is 0 Å². The summed E-state index contributed by atoms with van der Waals surface area (Å²) in [5.41, 5.74) is 5.33. The molecule has 0 bridgehead atoms. The third kappa shape index (κ3) is 2.18. The molecule has 3 nitrogen and oxygen atoms in total. The summed E-state index contributed by atoms with van der Waals surface area (Å²) in [6.07, 6.45) is 3.63. The molecule has 0 saturated carbocycles. The van der Waals surface area contributed by atoms with Crippen LogP contribution < -0.4 is 0 Å². The molecule has 0 atom stereocenters. The Hall–Kier alpha value is -3.38. The summed E-state index contributed by atoms with van der Waals surface area (Å²) < 4.78 is 1.97. The number of imidazole rings is 1. The van der Waals surface area contributed by atoms with Crippen LogP contribution in [0.1, 0.15) is 5.56 Å². The van der Waals surface area contributed by atoms with Crippen LogP contribution in [0.25, 0.3) is 28.0 Å². The zero-order chi connectivity index (χ0) is 15.6. The Morgan fingerprint density at radius 3 is 2.17 bits per heavy atom. The van der Waals surface area contributed by atoms with Crippen molar-refractivity contribution in [1.82, 2.24) is 9.38 Å². The van der Waals surface area contributed by atoms with Crippen molar-refractivity contribution in [3.05, 3.63) is 84.7 Å². The van der Waals surface area contributed by atoms with Gasteiger partial charge >= 0.3 is 0 Å². The molecule has 4 aromatic rings. The van der Waals surface area contributed by atoms with E-state index in [9.17, 15) is 5.26 Å². The van der Waals surface area contributed by atoms with Crippen molar-refractivity contribution in [2.45, 2.75) is 0 Å². The maximum Gasteiger partial charge on any atom is 0.155 e. The lowest BCUT2D eigenvalue weighted by atomic mass is 9.98. The maximum absolute atomic E-state index is 9.65. The highest BCUT2D eigenvalue weighted by Gasteiger charge is 2.15. The standard InChI is InChI=1S/C20H13N3/c21-14-18-17(15-7-3-1-4-8-15)13-19(16-9-5-2-6-10-16)23-12-11-22-20(18)23/h1-13H. The van der Waals surface area contributed by atoms with Crippen LogP contribution >= 0.6 is 0 Å². The third-order valence-electron chi connectivity index (χ3n) is 3.94. The zero-order valence-corrected chi connectivity index (χ0v) is 12.3. The first-order valence-corrected chi connectivity index (χ1v) is 7.39. The number of nitriles is 1. The third-order valence-corrected chi connectivity index (χ3v) is 3.94. The van der Waals surface area contributed by atoms with Crippen molar-refractivity contribution < 1.29 is 0 Å². The second-order valence-electron chi connectivity index (χ2n) is 5.28. The molecule has 0 fully saturated rings. The molecular weight excluding hydrogens is 282 g/mol. The predicted octanol–water partition coefficient (Wildman–Crippen LogP) is 4.54. The Morgan fingerprint density at radius 1 is 0.870 bits per heavy atom. The van der Waals surface area contributed by atoms with Gasteiger partial charge in [-0.3, -0.25) is 4.40 Å². The molecule has 0 saturated heterocycles. The fourth-order valence-corrected chi connectivity index (χ4v) is 2.87. The van der Waals surface area contributed by atoms with Crippen LogP contribution in [0.4, 0.5) is 0 Å². The van der Waals surface area contributed by atoms with E-state index in [2.05, 4.69) is 29.3 Å². The number of pyridine rings is 1. The molecule has 3 heteroatoms. The summed E-state index contributed by atoms with van der Waals surface area (Å²) in [6.45, 7) is 0. The highest BCUT2D eigenvalue weighted by molar-refractivity contribution is 5.82. The fourth-order valence-electron chi connectivity index (χ4n) is 2.87. The SMILES string of the molecule is N#Cc1c(-c2ccccc2)cc(-c2ccccc2)n2ccnc12. The number of nitrogens with zero attached hydrogens (tertiary/aromatic N) is 3. The Kier molecular flexibility index (Phi) is 3.14. The van der Waals surface area contributed by atoms with E-state index in [4.69, 9.17) is 0 Å². The van der Waals surface area contributed by atoms with Crippen LogP contribution in [0.15, 0.2) is 79.1 Å². The molecule has 0 amide bonds. The molecule has 0 radical (unpaired) electrons. The molecule has 0 N–H and O–H groups in total. The number of benzene rings is 2. The number of rotatable bonds is 2. The van der Waals surface area contributed by atoms with Gasteiger partial charge in [0.05, 0.1) is 5.69 Å². The molecule has 2 aromatic heterocycles. The molecule has 2 heterocycles. The smallest absolute Gasteiger partial charge is 0.155 e. The summed E-state index contributed by atoms with van der Waals surface area (Å²) in [7, 11) is 0. The van der Waals surface area contributed by atoms with Crippen molar-refractivity contribution in [2.75, 3.05) is 0 Å². The van der Waals surface area contributed by atoms with Crippen molar-refractivity contribution in [3.8, 4) is 28.5 Å². The van der Waals surface area contributed by atoms with Crippen molar-refractivity contribution in [1.29, 1.82) is 5.26 Å². The second-order valence-corrected chi connectivity index (χ2v) is 5.28. The molecule has 0 aliphatic rings. The minimum Gasteiger partial charge on any atom is -0.299 e. The van der Waals surface area contributed by atoms with Gasteiger partial charge in [0.2, 0.25) is 0 Å². The summed E-state index contributed by atoms with van der Waals surface area (Å²) >= 11 is 0. The monoisotopic (exact) mass is 295 g/mol. The Morgan fingerprint density at radius 2 is 1.52 bits per heavy atom. The second kappa shape index (κ2) is 5.43. The Labute approximate surface area is 134 Å². The van der Waals surface area contributed by atoms with Crippen LogP contribution in [-0.4, -0.2) is 9.38 Å². The molecule has 2 aromatic carbocycles. The normalized spacial score (nSPS) is 10.6. The van der Waals surface area contributed by atoms with Gasteiger partial charge in [-0.1, -0.05) is 60.7 Å². The molecule has 108 valence electrons. The minimum atomic E-state index is 0.598. The van der Waals surface area contributed by atoms with Crippen LogP contribution in [0, 0.1) is 11.3 Å².